The maximum Gasteiger partial charge on any atom is 0.191 e. The molecule has 0 bridgehead atoms. The first kappa shape index (κ1) is 11.2. The number of guanidine groups is 1. The summed E-state index contributed by atoms with van der Waals surface area (Å²) in [6.07, 6.45) is 1.14. The molecular weight excluding hydrogens is 229 g/mol. The fourth-order valence-corrected chi connectivity index (χ4v) is 1.62. The largest absolute Gasteiger partial charge is 0.370 e. The minimum Gasteiger partial charge on any atom is -0.370 e. The second-order valence-electron chi connectivity index (χ2n) is 3.75. The minimum absolute atomic E-state index is 0.255. The van der Waals surface area contributed by atoms with E-state index >= 15 is 0 Å². The van der Waals surface area contributed by atoms with E-state index in [1.165, 1.54) is 6.07 Å². The molecule has 5 heteroatoms. The molecule has 0 aromatic heterocycles. The van der Waals surface area contributed by atoms with Crippen LogP contribution in [0.4, 0.5) is 4.39 Å². The molecule has 1 aliphatic rings. The van der Waals surface area contributed by atoms with Gasteiger partial charge in [0, 0.05) is 23.7 Å². The van der Waals surface area contributed by atoms with Crippen LogP contribution in [-0.2, 0) is 6.54 Å². The van der Waals surface area contributed by atoms with E-state index in [-0.39, 0.29) is 12.4 Å². The third-order valence-corrected chi connectivity index (χ3v) is 2.84. The van der Waals surface area contributed by atoms with Gasteiger partial charge >= 0.3 is 0 Å². The van der Waals surface area contributed by atoms with Crippen LogP contribution in [0.1, 0.15) is 12.0 Å². The Kier molecular flexibility index (Phi) is 3.29. The third-order valence-electron chi connectivity index (χ3n) is 2.61. The summed E-state index contributed by atoms with van der Waals surface area (Å²) in [4.78, 5) is 6.11. The van der Waals surface area contributed by atoms with E-state index in [2.05, 4.69) is 4.99 Å². The first-order chi connectivity index (χ1) is 7.66. The first-order valence-electron chi connectivity index (χ1n) is 5.15. The van der Waals surface area contributed by atoms with Crippen molar-refractivity contribution >= 4 is 17.6 Å². The van der Waals surface area contributed by atoms with Gasteiger partial charge in [-0.05, 0) is 18.6 Å². The Balaban J connectivity index is 2.03. The van der Waals surface area contributed by atoms with E-state index in [0.717, 1.165) is 19.5 Å². The summed E-state index contributed by atoms with van der Waals surface area (Å²) in [6.45, 7) is 2.14. The standard InChI is InChI=1S/C11H13ClFN3/c12-9-3-2-8(10(13)6-9)7-15-11(14)16-4-1-5-16/h2-3,6H,1,4-5,7H2,(H2,14,15). The van der Waals surface area contributed by atoms with Crippen molar-refractivity contribution in [2.45, 2.75) is 13.0 Å². The van der Waals surface area contributed by atoms with Gasteiger partial charge in [-0.3, -0.25) is 0 Å². The van der Waals surface area contributed by atoms with Gasteiger partial charge in [0.15, 0.2) is 5.96 Å². The average Bonchev–Trinajstić information content (AvgIpc) is 2.13. The van der Waals surface area contributed by atoms with Crippen LogP contribution in [0.25, 0.3) is 0 Å². The number of hydrogen-bond acceptors (Lipinski definition) is 1. The van der Waals surface area contributed by atoms with Crippen molar-refractivity contribution in [2.75, 3.05) is 13.1 Å². The summed E-state index contributed by atoms with van der Waals surface area (Å²) in [5, 5.41) is 0.390. The van der Waals surface area contributed by atoms with Gasteiger partial charge in [-0.2, -0.15) is 0 Å². The molecule has 1 aromatic carbocycles. The second-order valence-corrected chi connectivity index (χ2v) is 4.19. The van der Waals surface area contributed by atoms with E-state index in [0.29, 0.717) is 16.5 Å². The topological polar surface area (TPSA) is 41.6 Å². The minimum atomic E-state index is -0.340. The van der Waals surface area contributed by atoms with Crippen LogP contribution < -0.4 is 5.73 Å². The number of halogens is 2. The van der Waals surface area contributed by atoms with Crippen molar-refractivity contribution in [3.63, 3.8) is 0 Å². The van der Waals surface area contributed by atoms with Gasteiger partial charge in [0.05, 0.1) is 6.54 Å². The van der Waals surface area contributed by atoms with Crippen LogP contribution in [-0.4, -0.2) is 23.9 Å². The van der Waals surface area contributed by atoms with Crippen molar-refractivity contribution in [1.29, 1.82) is 0 Å². The maximum absolute atomic E-state index is 13.4. The predicted molar refractivity (Wildman–Crippen MR) is 62.9 cm³/mol. The molecular formula is C11H13ClFN3. The molecule has 0 spiro atoms. The molecule has 1 aliphatic heterocycles. The summed E-state index contributed by atoms with van der Waals surface area (Å²) in [5.41, 5.74) is 6.24. The van der Waals surface area contributed by atoms with Gasteiger partial charge in [0.2, 0.25) is 0 Å². The summed E-state index contributed by atoms with van der Waals surface area (Å²) >= 11 is 5.65. The highest BCUT2D eigenvalue weighted by molar-refractivity contribution is 6.30. The van der Waals surface area contributed by atoms with Crippen molar-refractivity contribution in [3.8, 4) is 0 Å². The number of aliphatic imine (C=N–C) groups is 1. The molecule has 0 atom stereocenters. The van der Waals surface area contributed by atoms with Crippen molar-refractivity contribution in [1.82, 2.24) is 4.90 Å². The fraction of sp³-hybridized carbons (Fsp3) is 0.364. The molecule has 16 heavy (non-hydrogen) atoms. The number of nitrogens with two attached hydrogens (primary N) is 1. The molecule has 1 saturated heterocycles. The molecule has 2 N–H and O–H groups in total. The van der Waals surface area contributed by atoms with Gasteiger partial charge in [-0.25, -0.2) is 9.38 Å². The van der Waals surface area contributed by atoms with Crippen molar-refractivity contribution in [2.24, 2.45) is 10.7 Å². The Labute approximate surface area is 98.7 Å². The highest BCUT2D eigenvalue weighted by Crippen LogP contribution is 2.15. The van der Waals surface area contributed by atoms with Gasteiger partial charge in [0.25, 0.3) is 0 Å². The van der Waals surface area contributed by atoms with E-state index in [1.807, 2.05) is 4.90 Å². The molecule has 1 aromatic rings. The Bertz CT molecular complexity index is 416. The Morgan fingerprint density at radius 2 is 2.25 bits per heavy atom. The average molecular weight is 242 g/mol. The number of benzene rings is 1. The maximum atomic E-state index is 13.4. The van der Waals surface area contributed by atoms with Crippen LogP contribution in [0.2, 0.25) is 5.02 Å². The number of rotatable bonds is 2. The fourth-order valence-electron chi connectivity index (χ4n) is 1.46. The molecule has 1 heterocycles. The zero-order chi connectivity index (χ0) is 11.5. The predicted octanol–water partition coefficient (Wildman–Crippen LogP) is 2.00. The lowest BCUT2D eigenvalue weighted by Gasteiger charge is -2.31. The van der Waals surface area contributed by atoms with Crippen molar-refractivity contribution in [3.05, 3.63) is 34.6 Å². The molecule has 0 amide bonds. The molecule has 1 fully saturated rings. The van der Waals surface area contributed by atoms with Gasteiger partial charge in [0.1, 0.15) is 5.82 Å². The summed E-state index contributed by atoms with van der Waals surface area (Å²) in [7, 11) is 0. The zero-order valence-corrected chi connectivity index (χ0v) is 9.54. The van der Waals surface area contributed by atoms with Crippen molar-refractivity contribution < 1.29 is 4.39 Å². The quantitative estimate of drug-likeness (QED) is 0.636. The van der Waals surface area contributed by atoms with E-state index < -0.39 is 0 Å². The number of nitrogens with zero attached hydrogens (tertiary/aromatic N) is 2. The lowest BCUT2D eigenvalue weighted by molar-refractivity contribution is 0.295. The van der Waals surface area contributed by atoms with Crippen LogP contribution in [0.15, 0.2) is 23.2 Å². The third kappa shape index (κ3) is 2.44. The molecule has 0 aliphatic carbocycles. The highest BCUT2D eigenvalue weighted by Gasteiger charge is 2.15. The number of likely N-dealkylation sites (tertiary alicyclic amines) is 1. The van der Waals surface area contributed by atoms with E-state index in [4.69, 9.17) is 17.3 Å². The number of hydrogen-bond donors (Lipinski definition) is 1. The van der Waals surface area contributed by atoms with E-state index in [9.17, 15) is 4.39 Å². The van der Waals surface area contributed by atoms with Gasteiger partial charge in [-0.15, -0.1) is 0 Å². The molecule has 0 radical (unpaired) electrons. The lowest BCUT2D eigenvalue weighted by Crippen LogP contribution is -2.46. The zero-order valence-electron chi connectivity index (χ0n) is 8.79. The normalized spacial score (nSPS) is 16.1. The molecule has 3 nitrogen and oxygen atoms in total. The second kappa shape index (κ2) is 4.70. The van der Waals surface area contributed by atoms with Crippen LogP contribution >= 0.6 is 11.6 Å². The highest BCUT2D eigenvalue weighted by atomic mass is 35.5. The first-order valence-corrected chi connectivity index (χ1v) is 5.53. The Morgan fingerprint density at radius 3 is 2.81 bits per heavy atom. The van der Waals surface area contributed by atoms with Gasteiger partial charge < -0.3 is 10.6 Å². The molecule has 0 unspecified atom stereocenters. The summed E-state index contributed by atoms with van der Waals surface area (Å²) in [5.74, 6) is 0.147. The van der Waals surface area contributed by atoms with Crippen LogP contribution in [0.5, 0.6) is 0 Å². The monoisotopic (exact) mass is 241 g/mol. The summed E-state index contributed by atoms with van der Waals surface area (Å²) in [6, 6.07) is 4.56. The molecule has 86 valence electrons. The molecule has 0 saturated carbocycles. The van der Waals surface area contributed by atoms with E-state index in [1.54, 1.807) is 12.1 Å². The van der Waals surface area contributed by atoms with Crippen LogP contribution in [0, 0.1) is 5.82 Å². The SMILES string of the molecule is NC(=NCc1ccc(Cl)cc1F)N1CCC1. The summed E-state index contributed by atoms with van der Waals surface area (Å²) < 4.78 is 13.4. The Hall–Kier alpha value is -1.29. The smallest absolute Gasteiger partial charge is 0.191 e. The lowest BCUT2D eigenvalue weighted by atomic mass is 10.2. The Morgan fingerprint density at radius 1 is 1.50 bits per heavy atom. The molecule has 2 rings (SSSR count). The van der Waals surface area contributed by atoms with Crippen LogP contribution in [0.3, 0.4) is 0 Å². The van der Waals surface area contributed by atoms with Gasteiger partial charge in [-0.1, -0.05) is 17.7 Å².